The molecule has 3 N–H and O–H groups in total. The topological polar surface area (TPSA) is 38.0 Å². The maximum atomic E-state index is 6.07. The van der Waals surface area contributed by atoms with Crippen LogP contribution < -0.4 is 11.1 Å². The van der Waals surface area contributed by atoms with E-state index >= 15 is 0 Å². The van der Waals surface area contributed by atoms with Crippen molar-refractivity contribution in [2.45, 2.75) is 63.5 Å². The summed E-state index contributed by atoms with van der Waals surface area (Å²) in [7, 11) is 0. The largest absolute Gasteiger partial charge is 0.327 e. The van der Waals surface area contributed by atoms with Crippen LogP contribution in [0, 0.1) is 5.92 Å². The average molecular weight is 196 g/mol. The fraction of sp³-hybridized carbons (Fsp3) is 1.00. The van der Waals surface area contributed by atoms with Gasteiger partial charge in [0.1, 0.15) is 0 Å². The van der Waals surface area contributed by atoms with E-state index in [1.807, 2.05) is 0 Å². The minimum atomic E-state index is 0.433. The first-order chi connectivity index (χ1) is 6.70. The second-order valence-electron chi connectivity index (χ2n) is 5.50. The molecule has 0 aliphatic heterocycles. The first-order valence-electron chi connectivity index (χ1n) is 6.20. The highest BCUT2D eigenvalue weighted by Gasteiger charge is 2.30. The molecule has 2 fully saturated rings. The van der Waals surface area contributed by atoms with Crippen molar-refractivity contribution in [3.05, 3.63) is 0 Å². The third kappa shape index (κ3) is 2.29. The van der Waals surface area contributed by atoms with E-state index in [2.05, 4.69) is 12.2 Å². The lowest BCUT2D eigenvalue weighted by Gasteiger charge is -2.28. The molecule has 2 nitrogen and oxygen atoms in total. The van der Waals surface area contributed by atoms with Crippen molar-refractivity contribution in [2.24, 2.45) is 11.7 Å². The maximum absolute atomic E-state index is 6.07. The molecule has 2 atom stereocenters. The molecule has 0 aromatic heterocycles. The summed E-state index contributed by atoms with van der Waals surface area (Å²) < 4.78 is 0. The van der Waals surface area contributed by atoms with Crippen molar-refractivity contribution in [1.82, 2.24) is 5.32 Å². The Bertz CT molecular complexity index is 185. The Kier molecular flexibility index (Phi) is 3.13. The lowest BCUT2D eigenvalue weighted by Crippen LogP contribution is -2.44. The molecule has 0 saturated heterocycles. The molecule has 2 unspecified atom stereocenters. The molecule has 0 aromatic rings. The summed E-state index contributed by atoms with van der Waals surface area (Å²) in [6, 6.07) is 0.465. The smallest absolute Gasteiger partial charge is 0.0153 e. The fourth-order valence-corrected chi connectivity index (χ4v) is 3.03. The summed E-state index contributed by atoms with van der Waals surface area (Å²) in [5, 5.41) is 3.75. The van der Waals surface area contributed by atoms with Gasteiger partial charge in [0.25, 0.3) is 0 Å². The van der Waals surface area contributed by atoms with Gasteiger partial charge in [0.15, 0.2) is 0 Å². The third-order valence-electron chi connectivity index (χ3n) is 4.22. The molecular weight excluding hydrogens is 172 g/mol. The highest BCUT2D eigenvalue weighted by molar-refractivity contribution is 4.91. The van der Waals surface area contributed by atoms with E-state index in [4.69, 9.17) is 5.73 Å². The first kappa shape index (κ1) is 10.4. The zero-order chi connectivity index (χ0) is 10.0. The average Bonchev–Trinajstić information content (AvgIpc) is 2.73. The van der Waals surface area contributed by atoms with Crippen LogP contribution in [0.3, 0.4) is 0 Å². The highest BCUT2D eigenvalue weighted by atomic mass is 15.0. The van der Waals surface area contributed by atoms with Gasteiger partial charge in [-0.3, -0.25) is 0 Å². The van der Waals surface area contributed by atoms with Crippen LogP contribution in [0.5, 0.6) is 0 Å². The van der Waals surface area contributed by atoms with E-state index in [1.54, 1.807) is 0 Å². The van der Waals surface area contributed by atoms with Crippen LogP contribution in [0.15, 0.2) is 0 Å². The fourth-order valence-electron chi connectivity index (χ4n) is 3.03. The quantitative estimate of drug-likeness (QED) is 0.725. The van der Waals surface area contributed by atoms with Gasteiger partial charge in [-0.2, -0.15) is 0 Å². The Labute approximate surface area is 87.6 Å². The molecule has 2 saturated carbocycles. The monoisotopic (exact) mass is 196 g/mol. The zero-order valence-electron chi connectivity index (χ0n) is 9.39. The molecule has 0 heterocycles. The lowest BCUT2D eigenvalue weighted by molar-refractivity contribution is 0.320. The molecule has 14 heavy (non-hydrogen) atoms. The molecule has 2 aliphatic rings. The second-order valence-corrected chi connectivity index (χ2v) is 5.50. The number of nitrogens with one attached hydrogen (secondary N) is 1. The Morgan fingerprint density at radius 1 is 1.21 bits per heavy atom. The standard InChI is InChI=1S/C12H24N2/c1-12(7-2-3-8-12)14-9-10-5-4-6-11(10)13/h10-11,14H,2-9,13H2,1H3. The van der Waals surface area contributed by atoms with E-state index in [-0.39, 0.29) is 0 Å². The van der Waals surface area contributed by atoms with Gasteiger partial charge in [-0.25, -0.2) is 0 Å². The molecule has 0 radical (unpaired) electrons. The van der Waals surface area contributed by atoms with Gasteiger partial charge in [-0.1, -0.05) is 19.3 Å². The van der Waals surface area contributed by atoms with E-state index in [0.717, 1.165) is 12.5 Å². The lowest BCUT2D eigenvalue weighted by atomic mass is 9.97. The summed E-state index contributed by atoms with van der Waals surface area (Å²) in [5.41, 5.74) is 6.50. The van der Waals surface area contributed by atoms with Crippen LogP contribution in [0.2, 0.25) is 0 Å². The Morgan fingerprint density at radius 3 is 2.50 bits per heavy atom. The molecule has 0 amide bonds. The van der Waals surface area contributed by atoms with E-state index in [1.165, 1.54) is 44.9 Å². The Balaban J connectivity index is 1.75. The molecule has 2 rings (SSSR count). The van der Waals surface area contributed by atoms with Crippen LogP contribution in [0.1, 0.15) is 51.9 Å². The minimum Gasteiger partial charge on any atom is -0.327 e. The van der Waals surface area contributed by atoms with E-state index in [0.29, 0.717) is 11.6 Å². The van der Waals surface area contributed by atoms with E-state index in [9.17, 15) is 0 Å². The van der Waals surface area contributed by atoms with Crippen LogP contribution in [-0.2, 0) is 0 Å². The number of hydrogen-bond donors (Lipinski definition) is 2. The highest BCUT2D eigenvalue weighted by Crippen LogP contribution is 2.30. The maximum Gasteiger partial charge on any atom is 0.0153 e. The minimum absolute atomic E-state index is 0.433. The SMILES string of the molecule is CC1(NCC2CCCC2N)CCCC1. The van der Waals surface area contributed by atoms with Crippen molar-refractivity contribution < 1.29 is 0 Å². The van der Waals surface area contributed by atoms with Gasteiger partial charge >= 0.3 is 0 Å². The van der Waals surface area contributed by atoms with Crippen LogP contribution in [0.4, 0.5) is 0 Å². The summed E-state index contributed by atoms with van der Waals surface area (Å²) in [6.45, 7) is 3.53. The van der Waals surface area contributed by atoms with Crippen LogP contribution >= 0.6 is 0 Å². The predicted octanol–water partition coefficient (Wildman–Crippen LogP) is 2.04. The molecule has 2 heteroatoms. The number of nitrogens with two attached hydrogens (primary N) is 1. The molecule has 0 spiro atoms. The van der Waals surface area contributed by atoms with E-state index < -0.39 is 0 Å². The normalized spacial score (nSPS) is 36.4. The second kappa shape index (κ2) is 4.19. The number of hydrogen-bond acceptors (Lipinski definition) is 2. The van der Waals surface area contributed by atoms with Crippen molar-refractivity contribution >= 4 is 0 Å². The first-order valence-corrected chi connectivity index (χ1v) is 6.20. The van der Waals surface area contributed by atoms with Crippen molar-refractivity contribution in [1.29, 1.82) is 0 Å². The van der Waals surface area contributed by atoms with Crippen LogP contribution in [-0.4, -0.2) is 18.1 Å². The molecule has 82 valence electrons. The van der Waals surface area contributed by atoms with Gasteiger partial charge in [0, 0.05) is 11.6 Å². The molecule has 2 aliphatic carbocycles. The summed E-state index contributed by atoms with van der Waals surface area (Å²) in [5.74, 6) is 0.743. The van der Waals surface area contributed by atoms with Crippen molar-refractivity contribution in [2.75, 3.05) is 6.54 Å². The van der Waals surface area contributed by atoms with Gasteiger partial charge in [0.2, 0.25) is 0 Å². The van der Waals surface area contributed by atoms with Gasteiger partial charge < -0.3 is 11.1 Å². The zero-order valence-corrected chi connectivity index (χ0v) is 9.39. The van der Waals surface area contributed by atoms with Crippen LogP contribution in [0.25, 0.3) is 0 Å². The van der Waals surface area contributed by atoms with Gasteiger partial charge in [0.05, 0.1) is 0 Å². The molecule has 0 bridgehead atoms. The third-order valence-corrected chi connectivity index (χ3v) is 4.22. The van der Waals surface area contributed by atoms with Gasteiger partial charge in [-0.05, 0) is 45.1 Å². The summed E-state index contributed by atoms with van der Waals surface area (Å²) in [4.78, 5) is 0. The predicted molar refractivity (Wildman–Crippen MR) is 60.2 cm³/mol. The number of rotatable bonds is 3. The molecule has 0 aromatic carbocycles. The molecular formula is C12H24N2. The Morgan fingerprint density at radius 2 is 1.93 bits per heavy atom. The summed E-state index contributed by atoms with van der Waals surface area (Å²) in [6.07, 6.45) is 9.43. The summed E-state index contributed by atoms with van der Waals surface area (Å²) >= 11 is 0. The van der Waals surface area contributed by atoms with Crippen molar-refractivity contribution in [3.8, 4) is 0 Å². The van der Waals surface area contributed by atoms with Crippen molar-refractivity contribution in [3.63, 3.8) is 0 Å². The van der Waals surface area contributed by atoms with Gasteiger partial charge in [-0.15, -0.1) is 0 Å². The Hall–Kier alpha value is -0.0800.